The number of carbonyl (C=O) groups is 1. The van der Waals surface area contributed by atoms with Crippen molar-refractivity contribution >= 4 is 23.2 Å². The van der Waals surface area contributed by atoms with Gasteiger partial charge in [-0.25, -0.2) is 0 Å². The molecule has 1 rings (SSSR count). The van der Waals surface area contributed by atoms with Crippen LogP contribution in [0.2, 0.25) is 5.02 Å². The Balaban J connectivity index is 2.53. The molecule has 0 bridgehead atoms. The Morgan fingerprint density at radius 3 is 2.89 bits per heavy atom. The largest absolute Gasteiger partial charge is 0.497 e. The summed E-state index contributed by atoms with van der Waals surface area (Å²) in [6.45, 7) is 1.93. The van der Waals surface area contributed by atoms with Gasteiger partial charge in [0, 0.05) is 18.5 Å². The predicted octanol–water partition coefficient (Wildman–Crippen LogP) is 2.80. The van der Waals surface area contributed by atoms with E-state index < -0.39 is 0 Å². The summed E-state index contributed by atoms with van der Waals surface area (Å²) >= 11 is 5.99. The summed E-state index contributed by atoms with van der Waals surface area (Å²) in [5, 5.41) is 3.26. The molecule has 0 radical (unpaired) electrons. The van der Waals surface area contributed by atoms with E-state index in [1.54, 1.807) is 25.3 Å². The van der Waals surface area contributed by atoms with Gasteiger partial charge in [0.2, 0.25) is 5.91 Å². The quantitative estimate of drug-likeness (QED) is 0.835. The fourth-order valence-corrected chi connectivity index (χ4v) is 1.69. The molecular weight excluding hydrogens is 252 g/mol. The Morgan fingerprint density at radius 1 is 1.56 bits per heavy atom. The average Bonchev–Trinajstić information content (AvgIpc) is 2.31. The lowest BCUT2D eigenvalue weighted by Crippen LogP contribution is -2.17. The van der Waals surface area contributed by atoms with Crippen molar-refractivity contribution in [3.05, 3.63) is 23.2 Å². The van der Waals surface area contributed by atoms with Crippen molar-refractivity contribution in [1.82, 2.24) is 0 Å². The Morgan fingerprint density at radius 2 is 2.28 bits per heavy atom. The highest BCUT2D eigenvalue weighted by atomic mass is 35.5. The fraction of sp³-hybridized carbons (Fsp3) is 0.462. The topological polar surface area (TPSA) is 64.3 Å². The summed E-state index contributed by atoms with van der Waals surface area (Å²) in [5.74, 6) is 0.594. The molecule has 0 saturated heterocycles. The van der Waals surface area contributed by atoms with Gasteiger partial charge < -0.3 is 15.8 Å². The Labute approximate surface area is 112 Å². The van der Waals surface area contributed by atoms with Gasteiger partial charge in [-0.2, -0.15) is 0 Å². The molecule has 1 aromatic carbocycles. The monoisotopic (exact) mass is 270 g/mol. The van der Waals surface area contributed by atoms with Crippen molar-refractivity contribution in [2.75, 3.05) is 12.4 Å². The summed E-state index contributed by atoms with van der Waals surface area (Å²) in [4.78, 5) is 11.7. The van der Waals surface area contributed by atoms with E-state index in [9.17, 15) is 4.79 Å². The van der Waals surface area contributed by atoms with Crippen LogP contribution in [0.4, 0.5) is 5.69 Å². The second-order valence-corrected chi connectivity index (χ2v) is 4.67. The van der Waals surface area contributed by atoms with Crippen molar-refractivity contribution < 1.29 is 9.53 Å². The smallest absolute Gasteiger partial charge is 0.224 e. The van der Waals surface area contributed by atoms with E-state index in [4.69, 9.17) is 22.1 Å². The van der Waals surface area contributed by atoms with Gasteiger partial charge in [-0.3, -0.25) is 4.79 Å². The highest BCUT2D eigenvalue weighted by Gasteiger charge is 2.07. The number of carbonyl (C=O) groups excluding carboxylic acids is 1. The van der Waals surface area contributed by atoms with Crippen LogP contribution in [-0.4, -0.2) is 19.1 Å². The van der Waals surface area contributed by atoms with E-state index >= 15 is 0 Å². The number of ether oxygens (including phenoxy) is 1. The van der Waals surface area contributed by atoms with Gasteiger partial charge in [-0.15, -0.1) is 0 Å². The SMILES string of the molecule is COc1ccc(Cl)c(NC(=O)CCCC(C)N)c1. The first-order chi connectivity index (χ1) is 8.52. The number of nitrogens with two attached hydrogens (primary N) is 1. The van der Waals surface area contributed by atoms with Crippen molar-refractivity contribution in [1.29, 1.82) is 0 Å². The highest BCUT2D eigenvalue weighted by Crippen LogP contribution is 2.26. The van der Waals surface area contributed by atoms with Crippen LogP contribution in [0, 0.1) is 0 Å². The lowest BCUT2D eigenvalue weighted by molar-refractivity contribution is -0.116. The molecule has 0 aliphatic carbocycles. The number of methoxy groups -OCH3 is 1. The number of nitrogens with one attached hydrogen (secondary N) is 1. The predicted molar refractivity (Wildman–Crippen MR) is 74.1 cm³/mol. The standard InChI is InChI=1S/C13H19ClN2O2/c1-9(15)4-3-5-13(17)16-12-8-10(18-2)6-7-11(12)14/h6-9H,3-5,15H2,1-2H3,(H,16,17). The van der Waals surface area contributed by atoms with Crippen LogP contribution in [0.15, 0.2) is 18.2 Å². The second-order valence-electron chi connectivity index (χ2n) is 4.26. The van der Waals surface area contributed by atoms with Crippen molar-refractivity contribution in [3.63, 3.8) is 0 Å². The maximum Gasteiger partial charge on any atom is 0.224 e. The van der Waals surface area contributed by atoms with Crippen molar-refractivity contribution in [2.24, 2.45) is 5.73 Å². The molecule has 0 aromatic heterocycles. The minimum Gasteiger partial charge on any atom is -0.497 e. The van der Waals surface area contributed by atoms with Crippen LogP contribution in [0.3, 0.4) is 0 Å². The number of benzene rings is 1. The van der Waals surface area contributed by atoms with Crippen LogP contribution < -0.4 is 15.8 Å². The van der Waals surface area contributed by atoms with Gasteiger partial charge in [0.25, 0.3) is 0 Å². The van der Waals surface area contributed by atoms with Gasteiger partial charge in [0.1, 0.15) is 5.75 Å². The van der Waals surface area contributed by atoms with E-state index in [-0.39, 0.29) is 11.9 Å². The van der Waals surface area contributed by atoms with Gasteiger partial charge >= 0.3 is 0 Å². The van der Waals surface area contributed by atoms with Crippen LogP contribution in [-0.2, 0) is 4.79 Å². The van der Waals surface area contributed by atoms with E-state index in [0.29, 0.717) is 22.9 Å². The molecule has 4 nitrogen and oxygen atoms in total. The number of halogens is 1. The van der Waals surface area contributed by atoms with E-state index in [1.165, 1.54) is 0 Å². The third-order valence-corrected chi connectivity index (χ3v) is 2.84. The molecule has 18 heavy (non-hydrogen) atoms. The van der Waals surface area contributed by atoms with Gasteiger partial charge in [0.15, 0.2) is 0 Å². The first kappa shape index (κ1) is 14.8. The number of hydrogen-bond donors (Lipinski definition) is 2. The summed E-state index contributed by atoms with van der Waals surface area (Å²) in [7, 11) is 1.57. The molecule has 0 aliphatic heterocycles. The van der Waals surface area contributed by atoms with E-state index in [2.05, 4.69) is 5.32 Å². The first-order valence-electron chi connectivity index (χ1n) is 5.92. The second kappa shape index (κ2) is 7.24. The Bertz CT molecular complexity index is 408. The highest BCUT2D eigenvalue weighted by molar-refractivity contribution is 6.33. The minimum atomic E-state index is -0.0641. The van der Waals surface area contributed by atoms with Crippen molar-refractivity contribution in [2.45, 2.75) is 32.2 Å². The Hall–Kier alpha value is -1.26. The van der Waals surface area contributed by atoms with Gasteiger partial charge in [-0.1, -0.05) is 11.6 Å². The molecule has 1 amide bonds. The number of anilines is 1. The third kappa shape index (κ3) is 4.94. The van der Waals surface area contributed by atoms with Gasteiger partial charge in [0.05, 0.1) is 17.8 Å². The molecule has 0 saturated carbocycles. The fourth-order valence-electron chi connectivity index (χ4n) is 1.52. The molecule has 0 aliphatic rings. The molecule has 1 unspecified atom stereocenters. The molecule has 1 atom stereocenters. The van der Waals surface area contributed by atoms with Gasteiger partial charge in [-0.05, 0) is 31.9 Å². The summed E-state index contributed by atoms with van der Waals surface area (Å²) in [6.07, 6.45) is 2.04. The summed E-state index contributed by atoms with van der Waals surface area (Å²) < 4.78 is 5.08. The maximum atomic E-state index is 11.7. The van der Waals surface area contributed by atoms with E-state index in [1.807, 2.05) is 6.92 Å². The van der Waals surface area contributed by atoms with Crippen LogP contribution >= 0.6 is 11.6 Å². The first-order valence-corrected chi connectivity index (χ1v) is 6.29. The molecule has 0 heterocycles. The van der Waals surface area contributed by atoms with Crippen molar-refractivity contribution in [3.8, 4) is 5.75 Å². The zero-order chi connectivity index (χ0) is 13.5. The summed E-state index contributed by atoms with van der Waals surface area (Å²) in [5.41, 5.74) is 6.19. The molecule has 0 spiro atoms. The average molecular weight is 271 g/mol. The normalized spacial score (nSPS) is 12.0. The minimum absolute atomic E-state index is 0.0641. The zero-order valence-corrected chi connectivity index (χ0v) is 11.5. The number of hydrogen-bond acceptors (Lipinski definition) is 3. The molecule has 5 heteroatoms. The van der Waals surface area contributed by atoms with Crippen LogP contribution in [0.5, 0.6) is 5.75 Å². The lowest BCUT2D eigenvalue weighted by Gasteiger charge is -2.09. The van der Waals surface area contributed by atoms with Crippen LogP contribution in [0.1, 0.15) is 26.2 Å². The number of rotatable bonds is 6. The molecule has 1 aromatic rings. The van der Waals surface area contributed by atoms with E-state index in [0.717, 1.165) is 12.8 Å². The summed E-state index contributed by atoms with van der Waals surface area (Å²) in [6, 6.07) is 5.26. The Kier molecular flexibility index (Phi) is 5.95. The molecule has 3 N–H and O–H groups in total. The number of amides is 1. The maximum absolute atomic E-state index is 11.7. The van der Waals surface area contributed by atoms with Crippen LogP contribution in [0.25, 0.3) is 0 Å². The molecule has 0 fully saturated rings. The molecule has 100 valence electrons. The lowest BCUT2D eigenvalue weighted by atomic mass is 10.1. The zero-order valence-electron chi connectivity index (χ0n) is 10.7. The molecular formula is C13H19ClN2O2. The third-order valence-electron chi connectivity index (χ3n) is 2.51.